The van der Waals surface area contributed by atoms with Crippen molar-refractivity contribution in [3.05, 3.63) is 35.9 Å². The fraction of sp³-hybridized carbons (Fsp3) is 0.588. The summed E-state index contributed by atoms with van der Waals surface area (Å²) in [5.74, 6) is -0.285. The van der Waals surface area contributed by atoms with E-state index in [-0.39, 0.29) is 12.1 Å². The average molecular weight is 319 g/mol. The molecule has 0 spiro atoms. The molecule has 2 aliphatic rings. The number of hydrogen-bond donors (Lipinski definition) is 1. The number of nitrogens with zero attached hydrogens (tertiary/aromatic N) is 2. The third-order valence-electron chi connectivity index (χ3n) is 4.67. The molecule has 2 saturated heterocycles. The van der Waals surface area contributed by atoms with E-state index >= 15 is 0 Å². The van der Waals surface area contributed by atoms with Crippen molar-refractivity contribution in [2.45, 2.75) is 25.1 Å². The summed E-state index contributed by atoms with van der Waals surface area (Å²) in [6.07, 6.45) is 0.217. The second kappa shape index (κ2) is 7.40. The predicted molar refractivity (Wildman–Crippen MR) is 87.1 cm³/mol. The van der Waals surface area contributed by atoms with Crippen molar-refractivity contribution in [3.8, 4) is 0 Å². The number of ether oxygens (including phenoxy) is 1. The van der Waals surface area contributed by atoms with Gasteiger partial charge >= 0.3 is 5.97 Å². The maximum Gasteiger partial charge on any atom is 0.357 e. The van der Waals surface area contributed by atoms with Gasteiger partial charge in [-0.2, -0.15) is 0 Å². The zero-order valence-corrected chi connectivity index (χ0v) is 13.8. The zero-order valence-electron chi connectivity index (χ0n) is 13.8. The Morgan fingerprint density at radius 3 is 2.78 bits per heavy atom. The van der Waals surface area contributed by atoms with Crippen LogP contribution in [-0.4, -0.2) is 74.0 Å². The molecule has 0 aromatic heterocycles. The Kier molecular flexibility index (Phi) is 5.27. The van der Waals surface area contributed by atoms with E-state index in [9.17, 15) is 4.79 Å². The number of rotatable bonds is 5. The first kappa shape index (κ1) is 16.4. The Bertz CT molecular complexity index is 517. The summed E-state index contributed by atoms with van der Waals surface area (Å²) in [4.78, 5) is 19.9. The van der Waals surface area contributed by atoms with Gasteiger partial charge in [-0.1, -0.05) is 18.2 Å². The molecule has 0 bridgehead atoms. The lowest BCUT2D eigenvalue weighted by Gasteiger charge is -2.49. The first-order chi connectivity index (χ1) is 11.2. The van der Waals surface area contributed by atoms with Crippen LogP contribution < -0.4 is 5.32 Å². The largest absolute Gasteiger partial charge is 0.374 e. The monoisotopic (exact) mass is 319 g/mol. The van der Waals surface area contributed by atoms with E-state index in [1.54, 1.807) is 17.2 Å². The average Bonchev–Trinajstić information content (AvgIpc) is 2.54. The van der Waals surface area contributed by atoms with Gasteiger partial charge in [0.1, 0.15) is 0 Å². The van der Waals surface area contributed by atoms with Crippen LogP contribution in [0.3, 0.4) is 0 Å². The molecule has 6 heteroatoms. The van der Waals surface area contributed by atoms with Gasteiger partial charge in [-0.05, 0) is 26.1 Å². The molecule has 126 valence electrons. The summed E-state index contributed by atoms with van der Waals surface area (Å²) in [5.41, 5.74) is 0.588. The summed E-state index contributed by atoms with van der Waals surface area (Å²) in [5, 5.41) is 4.93. The molecule has 0 amide bonds. The Balaban J connectivity index is 1.48. The Morgan fingerprint density at radius 2 is 2.09 bits per heavy atom. The molecule has 2 aliphatic heterocycles. The number of nitrogens with one attached hydrogen (secondary N) is 1. The summed E-state index contributed by atoms with van der Waals surface area (Å²) in [6.45, 7) is 6.28. The normalized spacial score (nSPS) is 26.7. The van der Waals surface area contributed by atoms with Gasteiger partial charge in [0.05, 0.1) is 31.4 Å². The first-order valence-electron chi connectivity index (χ1n) is 8.23. The Morgan fingerprint density at radius 1 is 1.35 bits per heavy atom. The molecular weight excluding hydrogens is 294 g/mol. The van der Waals surface area contributed by atoms with Crippen LogP contribution in [0.2, 0.25) is 0 Å². The van der Waals surface area contributed by atoms with Gasteiger partial charge in [0, 0.05) is 25.2 Å². The van der Waals surface area contributed by atoms with Gasteiger partial charge in [0.2, 0.25) is 0 Å². The lowest BCUT2D eigenvalue weighted by atomic mass is 10.0. The molecule has 1 aromatic carbocycles. The van der Waals surface area contributed by atoms with Crippen LogP contribution in [0, 0.1) is 0 Å². The minimum Gasteiger partial charge on any atom is -0.374 e. The maximum absolute atomic E-state index is 12.0. The summed E-state index contributed by atoms with van der Waals surface area (Å²) < 4.78 is 5.83. The molecule has 23 heavy (non-hydrogen) atoms. The fourth-order valence-electron chi connectivity index (χ4n) is 3.26. The highest BCUT2D eigenvalue weighted by Crippen LogP contribution is 2.23. The van der Waals surface area contributed by atoms with Gasteiger partial charge in [0.25, 0.3) is 0 Å². The van der Waals surface area contributed by atoms with Crippen molar-refractivity contribution in [1.82, 2.24) is 15.3 Å². The molecule has 1 aromatic rings. The highest BCUT2D eigenvalue weighted by molar-refractivity contribution is 5.89. The molecule has 2 fully saturated rings. The summed E-state index contributed by atoms with van der Waals surface area (Å²) >= 11 is 0. The van der Waals surface area contributed by atoms with Crippen molar-refractivity contribution < 1.29 is 14.4 Å². The van der Waals surface area contributed by atoms with Crippen molar-refractivity contribution >= 4 is 5.97 Å². The number of likely N-dealkylation sites (N-methyl/N-ethyl adjacent to an activating group) is 1. The van der Waals surface area contributed by atoms with E-state index in [0.717, 1.165) is 32.8 Å². The SMILES string of the molecule is CNC[C@@H]1OCCN(C2CN(OC(=O)c3ccccc3)C2)[C@H]1C. The summed E-state index contributed by atoms with van der Waals surface area (Å²) in [6, 6.07) is 9.90. The standard InChI is InChI=1S/C17H25N3O3/c1-13-16(10-18-2)22-9-8-20(13)15-11-19(12-15)23-17(21)14-6-4-3-5-7-14/h3-7,13,15-16,18H,8-12H2,1-2H3/t13-,16-/m0/s1. The van der Waals surface area contributed by atoms with Gasteiger partial charge in [-0.3, -0.25) is 4.90 Å². The Hall–Kier alpha value is -1.47. The number of hydroxylamine groups is 2. The smallest absolute Gasteiger partial charge is 0.357 e. The number of morpholine rings is 1. The maximum atomic E-state index is 12.0. The molecular formula is C17H25N3O3. The van der Waals surface area contributed by atoms with Crippen molar-refractivity contribution in [1.29, 1.82) is 0 Å². The van der Waals surface area contributed by atoms with Gasteiger partial charge in [-0.25, -0.2) is 4.79 Å². The van der Waals surface area contributed by atoms with E-state index in [2.05, 4.69) is 17.1 Å². The molecule has 6 nitrogen and oxygen atoms in total. The second-order valence-corrected chi connectivity index (χ2v) is 6.19. The quantitative estimate of drug-likeness (QED) is 0.864. The molecule has 0 saturated carbocycles. The van der Waals surface area contributed by atoms with Crippen LogP contribution in [-0.2, 0) is 9.57 Å². The van der Waals surface area contributed by atoms with Crippen LogP contribution in [0.5, 0.6) is 0 Å². The molecule has 2 atom stereocenters. The van der Waals surface area contributed by atoms with Gasteiger partial charge in [0.15, 0.2) is 0 Å². The first-order valence-corrected chi connectivity index (χ1v) is 8.23. The molecule has 1 N–H and O–H groups in total. The number of hydrogen-bond acceptors (Lipinski definition) is 6. The molecule has 0 radical (unpaired) electrons. The van der Waals surface area contributed by atoms with E-state index in [4.69, 9.17) is 9.57 Å². The van der Waals surface area contributed by atoms with Crippen LogP contribution in [0.4, 0.5) is 0 Å². The van der Waals surface area contributed by atoms with Crippen LogP contribution in [0.15, 0.2) is 30.3 Å². The number of carbonyl (C=O) groups is 1. The molecule has 0 unspecified atom stereocenters. The molecule has 0 aliphatic carbocycles. The Labute approximate surface area is 137 Å². The highest BCUT2D eigenvalue weighted by Gasteiger charge is 2.40. The summed E-state index contributed by atoms with van der Waals surface area (Å²) in [7, 11) is 1.95. The van der Waals surface area contributed by atoms with E-state index < -0.39 is 0 Å². The van der Waals surface area contributed by atoms with Crippen molar-refractivity contribution in [2.24, 2.45) is 0 Å². The van der Waals surface area contributed by atoms with Gasteiger partial charge in [-0.15, -0.1) is 5.06 Å². The van der Waals surface area contributed by atoms with E-state index in [1.807, 2.05) is 25.2 Å². The topological polar surface area (TPSA) is 54.0 Å². The third kappa shape index (κ3) is 3.72. The predicted octanol–water partition coefficient (Wildman–Crippen LogP) is 0.751. The van der Waals surface area contributed by atoms with Gasteiger partial charge < -0.3 is 14.9 Å². The van der Waals surface area contributed by atoms with Crippen molar-refractivity contribution in [3.63, 3.8) is 0 Å². The van der Waals surface area contributed by atoms with Crippen LogP contribution in [0.1, 0.15) is 17.3 Å². The number of benzene rings is 1. The van der Waals surface area contributed by atoms with E-state index in [0.29, 0.717) is 17.6 Å². The van der Waals surface area contributed by atoms with E-state index in [1.165, 1.54) is 0 Å². The lowest BCUT2D eigenvalue weighted by molar-refractivity contribution is -0.198. The number of carbonyl (C=O) groups excluding carboxylic acids is 1. The highest BCUT2D eigenvalue weighted by atomic mass is 16.7. The lowest BCUT2D eigenvalue weighted by Crippen LogP contribution is -2.66. The van der Waals surface area contributed by atoms with Crippen molar-refractivity contribution in [2.75, 3.05) is 39.8 Å². The second-order valence-electron chi connectivity index (χ2n) is 6.19. The minimum absolute atomic E-state index is 0.217. The molecule has 3 rings (SSSR count). The van der Waals surface area contributed by atoms with Crippen LogP contribution in [0.25, 0.3) is 0 Å². The third-order valence-corrected chi connectivity index (χ3v) is 4.67. The molecule has 2 heterocycles. The minimum atomic E-state index is -0.285. The fourth-order valence-corrected chi connectivity index (χ4v) is 3.26. The zero-order chi connectivity index (χ0) is 16.2. The van der Waals surface area contributed by atoms with Crippen LogP contribution >= 0.6 is 0 Å².